The first-order valence-corrected chi connectivity index (χ1v) is 4.82. The molecular formula is C10H8Cl2O3. The Morgan fingerprint density at radius 3 is 2.53 bits per heavy atom. The second-order valence-corrected chi connectivity index (χ2v) is 3.56. The van der Waals surface area contributed by atoms with E-state index in [4.69, 9.17) is 27.9 Å². The van der Waals surface area contributed by atoms with Gasteiger partial charge in [-0.1, -0.05) is 53.5 Å². The predicted molar refractivity (Wildman–Crippen MR) is 57.5 cm³/mol. The van der Waals surface area contributed by atoms with E-state index < -0.39 is 6.16 Å². The average molecular weight is 247 g/mol. The quantitative estimate of drug-likeness (QED) is 0.604. The molecule has 0 aliphatic carbocycles. The molecule has 0 aliphatic rings. The fourth-order valence-corrected chi connectivity index (χ4v) is 0.932. The number of rotatable bonds is 3. The van der Waals surface area contributed by atoms with Gasteiger partial charge in [-0.2, -0.15) is 0 Å². The molecule has 0 aliphatic heterocycles. The van der Waals surface area contributed by atoms with Crippen LogP contribution in [0.3, 0.4) is 0 Å². The highest BCUT2D eigenvalue weighted by Crippen LogP contribution is 2.07. The minimum atomic E-state index is -0.849. The molecule has 0 bridgehead atoms. The highest BCUT2D eigenvalue weighted by molar-refractivity contribution is 6.55. The Balaban J connectivity index is 2.32. The molecule has 0 fully saturated rings. The van der Waals surface area contributed by atoms with Gasteiger partial charge in [0, 0.05) is 0 Å². The van der Waals surface area contributed by atoms with Crippen LogP contribution in [0.2, 0.25) is 0 Å². The molecule has 5 heteroatoms. The van der Waals surface area contributed by atoms with Gasteiger partial charge in [0.2, 0.25) is 0 Å². The second kappa shape index (κ2) is 6.32. The van der Waals surface area contributed by atoms with Crippen molar-refractivity contribution in [3.8, 4) is 0 Å². The maximum absolute atomic E-state index is 10.9. The topological polar surface area (TPSA) is 35.5 Å². The molecule has 80 valence electrons. The number of carbonyl (C=O) groups is 1. The van der Waals surface area contributed by atoms with Crippen molar-refractivity contribution >= 4 is 29.4 Å². The minimum Gasteiger partial charge on any atom is -0.429 e. The molecule has 1 aromatic rings. The van der Waals surface area contributed by atoms with Crippen molar-refractivity contribution in [3.05, 3.63) is 46.6 Å². The van der Waals surface area contributed by atoms with E-state index in [2.05, 4.69) is 4.74 Å². The normalized spacial score (nSPS) is 9.20. The lowest BCUT2D eigenvalue weighted by atomic mass is 10.2. The molecule has 0 radical (unpaired) electrons. The van der Waals surface area contributed by atoms with Gasteiger partial charge in [-0.15, -0.1) is 0 Å². The van der Waals surface area contributed by atoms with Crippen molar-refractivity contribution in [1.82, 2.24) is 0 Å². The van der Waals surface area contributed by atoms with Gasteiger partial charge in [-0.3, -0.25) is 0 Å². The van der Waals surface area contributed by atoms with Crippen LogP contribution in [0.4, 0.5) is 4.79 Å². The third kappa shape index (κ3) is 5.30. The van der Waals surface area contributed by atoms with Gasteiger partial charge in [0.15, 0.2) is 0 Å². The predicted octanol–water partition coefficient (Wildman–Crippen LogP) is 3.62. The van der Waals surface area contributed by atoms with Gasteiger partial charge < -0.3 is 9.47 Å². The van der Waals surface area contributed by atoms with Crippen molar-refractivity contribution in [2.75, 3.05) is 0 Å². The Kier molecular flexibility index (Phi) is 5.01. The molecular weight excluding hydrogens is 239 g/mol. The van der Waals surface area contributed by atoms with E-state index in [1.165, 1.54) is 0 Å². The van der Waals surface area contributed by atoms with E-state index in [1.54, 1.807) is 0 Å². The van der Waals surface area contributed by atoms with Crippen molar-refractivity contribution in [2.24, 2.45) is 0 Å². The van der Waals surface area contributed by atoms with Crippen LogP contribution < -0.4 is 0 Å². The Hall–Kier alpha value is -1.19. The summed E-state index contributed by atoms with van der Waals surface area (Å²) in [5, 5.41) is 0. The number of ether oxygens (including phenoxy) is 2. The molecule has 1 aromatic carbocycles. The summed E-state index contributed by atoms with van der Waals surface area (Å²) >= 11 is 10.5. The van der Waals surface area contributed by atoms with E-state index >= 15 is 0 Å². The highest BCUT2D eigenvalue weighted by atomic mass is 35.5. The smallest absolute Gasteiger partial charge is 0.429 e. The van der Waals surface area contributed by atoms with Crippen LogP contribution in [0, 0.1) is 0 Å². The van der Waals surface area contributed by atoms with E-state index in [-0.39, 0.29) is 11.1 Å². The highest BCUT2D eigenvalue weighted by Gasteiger charge is 2.02. The molecule has 0 unspecified atom stereocenters. The molecule has 0 amide bonds. The molecule has 1 rings (SSSR count). The summed E-state index contributed by atoms with van der Waals surface area (Å²) in [5.41, 5.74) is 0.871. The lowest BCUT2D eigenvalue weighted by Crippen LogP contribution is -2.03. The molecule has 0 saturated heterocycles. The molecule has 0 saturated carbocycles. The molecule has 0 spiro atoms. The lowest BCUT2D eigenvalue weighted by molar-refractivity contribution is 0.0786. The van der Waals surface area contributed by atoms with Gasteiger partial charge in [0.1, 0.15) is 17.4 Å². The van der Waals surface area contributed by atoms with Crippen molar-refractivity contribution in [3.63, 3.8) is 0 Å². The number of hydrogen-bond donors (Lipinski definition) is 0. The van der Waals surface area contributed by atoms with Gasteiger partial charge in [0.25, 0.3) is 0 Å². The zero-order valence-electron chi connectivity index (χ0n) is 7.65. The van der Waals surface area contributed by atoms with E-state index in [0.29, 0.717) is 0 Å². The molecule has 0 heterocycles. The van der Waals surface area contributed by atoms with Gasteiger partial charge in [-0.05, 0) is 5.56 Å². The van der Waals surface area contributed by atoms with Crippen LogP contribution in [-0.4, -0.2) is 6.16 Å². The molecule has 0 atom stereocenters. The molecule has 0 N–H and O–H groups in total. The van der Waals surface area contributed by atoms with Crippen LogP contribution >= 0.6 is 23.2 Å². The van der Waals surface area contributed by atoms with Gasteiger partial charge in [0.05, 0.1) is 0 Å². The van der Waals surface area contributed by atoms with Gasteiger partial charge >= 0.3 is 6.16 Å². The average Bonchev–Trinajstić information content (AvgIpc) is 2.25. The maximum Gasteiger partial charge on any atom is 0.513 e. The van der Waals surface area contributed by atoms with Crippen LogP contribution in [0.15, 0.2) is 41.1 Å². The zero-order valence-corrected chi connectivity index (χ0v) is 9.16. The third-order valence-electron chi connectivity index (χ3n) is 1.44. The molecule has 3 nitrogen and oxygen atoms in total. The number of benzene rings is 1. The van der Waals surface area contributed by atoms with E-state index in [1.807, 2.05) is 30.3 Å². The lowest BCUT2D eigenvalue weighted by Gasteiger charge is -2.02. The molecule has 0 aromatic heterocycles. The van der Waals surface area contributed by atoms with Crippen LogP contribution in [0.25, 0.3) is 0 Å². The van der Waals surface area contributed by atoms with E-state index in [0.717, 1.165) is 11.8 Å². The van der Waals surface area contributed by atoms with Crippen molar-refractivity contribution < 1.29 is 14.3 Å². The fraction of sp³-hybridized carbons (Fsp3) is 0.100. The van der Waals surface area contributed by atoms with Crippen molar-refractivity contribution in [1.29, 1.82) is 0 Å². The van der Waals surface area contributed by atoms with Crippen LogP contribution in [-0.2, 0) is 16.1 Å². The summed E-state index contributed by atoms with van der Waals surface area (Å²) in [6.07, 6.45) is 0.0498. The first-order chi connectivity index (χ1) is 7.18. The van der Waals surface area contributed by atoms with Crippen LogP contribution in [0.5, 0.6) is 0 Å². The second-order valence-electron chi connectivity index (χ2n) is 2.55. The Morgan fingerprint density at radius 1 is 1.27 bits per heavy atom. The standard InChI is InChI=1S/C10H8Cl2O3/c11-9(12)7-15-10(13)14-6-8-4-2-1-3-5-8/h1-5,7H,6H2. The Labute approximate surface area is 97.2 Å². The summed E-state index contributed by atoms with van der Waals surface area (Å²) in [5.74, 6) is 0. The monoisotopic (exact) mass is 246 g/mol. The fourth-order valence-electron chi connectivity index (χ4n) is 0.843. The summed E-state index contributed by atoms with van der Waals surface area (Å²) in [7, 11) is 0. The Bertz CT molecular complexity index is 345. The molecule has 15 heavy (non-hydrogen) atoms. The largest absolute Gasteiger partial charge is 0.513 e. The maximum atomic E-state index is 10.9. The number of hydrogen-bond acceptors (Lipinski definition) is 3. The first kappa shape index (κ1) is 11.9. The van der Waals surface area contributed by atoms with E-state index in [9.17, 15) is 4.79 Å². The van der Waals surface area contributed by atoms with Crippen LogP contribution in [0.1, 0.15) is 5.56 Å². The SMILES string of the molecule is O=C(OC=C(Cl)Cl)OCc1ccccc1. The number of carbonyl (C=O) groups excluding carboxylic acids is 1. The zero-order chi connectivity index (χ0) is 11.1. The van der Waals surface area contributed by atoms with Gasteiger partial charge in [-0.25, -0.2) is 4.79 Å². The van der Waals surface area contributed by atoms with Crippen molar-refractivity contribution in [2.45, 2.75) is 6.61 Å². The Morgan fingerprint density at radius 2 is 1.93 bits per heavy atom. The summed E-state index contributed by atoms with van der Waals surface area (Å²) < 4.78 is 9.05. The minimum absolute atomic E-state index is 0.146. The first-order valence-electron chi connectivity index (χ1n) is 4.07. The summed E-state index contributed by atoms with van der Waals surface area (Å²) in [6, 6.07) is 9.23. The summed E-state index contributed by atoms with van der Waals surface area (Å²) in [4.78, 5) is 10.9. The number of halogens is 2. The summed E-state index contributed by atoms with van der Waals surface area (Å²) in [6.45, 7) is 0.146. The third-order valence-corrected chi connectivity index (χ3v) is 1.62.